The minimum atomic E-state index is -1.61. The first-order valence-corrected chi connectivity index (χ1v) is 10.0. The molecule has 2 rings (SSSR count). The number of carbonyl (C=O) groups is 3. The zero-order chi connectivity index (χ0) is 22.6. The zero-order valence-corrected chi connectivity index (χ0v) is 17.2. The van der Waals surface area contributed by atoms with Crippen LogP contribution < -0.4 is 5.32 Å². The summed E-state index contributed by atoms with van der Waals surface area (Å²) in [4.78, 5) is 36.2. The maximum absolute atomic E-state index is 12.7. The van der Waals surface area contributed by atoms with Crippen LogP contribution >= 0.6 is 0 Å². The van der Waals surface area contributed by atoms with E-state index >= 15 is 0 Å². The van der Waals surface area contributed by atoms with Gasteiger partial charge >= 0.3 is 5.97 Å². The highest BCUT2D eigenvalue weighted by atomic mass is 16.6. The first-order valence-electron chi connectivity index (χ1n) is 10.0. The van der Waals surface area contributed by atoms with Crippen LogP contribution in [0.25, 0.3) is 0 Å². The van der Waals surface area contributed by atoms with Crippen molar-refractivity contribution in [2.45, 2.75) is 83.0 Å². The fraction of sp³-hybridized carbons (Fsp3) is 0.750. The molecule has 0 amide bonds. The maximum Gasteiger partial charge on any atom is 0.303 e. The predicted octanol–water partition coefficient (Wildman–Crippen LogP) is -0.767. The van der Waals surface area contributed by atoms with Gasteiger partial charge in [-0.1, -0.05) is 13.8 Å². The minimum absolute atomic E-state index is 0.0402. The van der Waals surface area contributed by atoms with E-state index in [1.807, 2.05) is 13.8 Å². The molecule has 2 aliphatic rings. The molecular weight excluding hydrogens is 398 g/mol. The second-order valence-corrected chi connectivity index (χ2v) is 8.71. The van der Waals surface area contributed by atoms with Crippen LogP contribution in [0.4, 0.5) is 0 Å². The monoisotopic (exact) mass is 429 g/mol. The van der Waals surface area contributed by atoms with Crippen molar-refractivity contribution in [1.29, 1.82) is 0 Å². The average Bonchev–Trinajstić information content (AvgIpc) is 2.63. The van der Waals surface area contributed by atoms with Gasteiger partial charge in [0.05, 0.1) is 12.2 Å². The summed E-state index contributed by atoms with van der Waals surface area (Å²) in [6.07, 6.45) is -6.07. The second-order valence-electron chi connectivity index (χ2n) is 8.71. The molecule has 0 spiro atoms. The number of rotatable bonds is 8. The molecule has 1 heterocycles. The van der Waals surface area contributed by atoms with Crippen LogP contribution in [-0.4, -0.2) is 80.3 Å². The topological polar surface area (TPSA) is 174 Å². The van der Waals surface area contributed by atoms with E-state index in [2.05, 4.69) is 5.32 Å². The number of nitrogens with one attached hydrogen (secondary N) is 1. The Labute approximate surface area is 174 Å². The average molecular weight is 429 g/mol. The van der Waals surface area contributed by atoms with Gasteiger partial charge in [0, 0.05) is 25.0 Å². The first-order chi connectivity index (χ1) is 14.0. The molecule has 1 saturated heterocycles. The Morgan fingerprint density at radius 3 is 2.13 bits per heavy atom. The summed E-state index contributed by atoms with van der Waals surface area (Å²) in [7, 11) is 0. The number of carboxylic acids is 1. The van der Waals surface area contributed by atoms with Gasteiger partial charge in [-0.3, -0.25) is 14.4 Å². The van der Waals surface area contributed by atoms with Crippen molar-refractivity contribution >= 4 is 17.5 Å². The highest BCUT2D eigenvalue weighted by Crippen LogP contribution is 2.35. The van der Waals surface area contributed by atoms with Gasteiger partial charge in [-0.2, -0.15) is 0 Å². The third-order valence-corrected chi connectivity index (χ3v) is 5.41. The summed E-state index contributed by atoms with van der Waals surface area (Å²) >= 11 is 0. The van der Waals surface area contributed by atoms with Crippen LogP contribution in [0.5, 0.6) is 0 Å². The molecule has 6 N–H and O–H groups in total. The Hall–Kier alpha value is -1.85. The predicted molar refractivity (Wildman–Crippen MR) is 103 cm³/mol. The van der Waals surface area contributed by atoms with E-state index < -0.39 is 48.6 Å². The molecule has 0 aromatic heterocycles. The number of Topliss-reactive ketones (excluding diaryl/α,β-unsaturated/α-hetero) is 2. The number of carbonyl (C=O) groups excluding carboxylic acids is 2. The molecular formula is C20H31NO9. The van der Waals surface area contributed by atoms with E-state index in [0.717, 1.165) is 0 Å². The van der Waals surface area contributed by atoms with Gasteiger partial charge in [0.1, 0.15) is 24.4 Å². The summed E-state index contributed by atoms with van der Waals surface area (Å²) < 4.78 is 5.44. The molecule has 1 aliphatic heterocycles. The van der Waals surface area contributed by atoms with Crippen molar-refractivity contribution in [3.8, 4) is 0 Å². The lowest BCUT2D eigenvalue weighted by Crippen LogP contribution is -2.62. The highest BCUT2D eigenvalue weighted by molar-refractivity contribution is 6.22. The number of unbranched alkanes of at least 4 members (excludes halogenated alkanes) is 1. The lowest BCUT2D eigenvalue weighted by molar-refractivity contribution is -0.234. The molecule has 0 unspecified atom stereocenters. The van der Waals surface area contributed by atoms with Gasteiger partial charge in [-0.05, 0) is 24.7 Å². The summed E-state index contributed by atoms with van der Waals surface area (Å²) in [6, 6.07) is 0. The van der Waals surface area contributed by atoms with Crippen LogP contribution in [0, 0.1) is 5.41 Å². The third-order valence-electron chi connectivity index (χ3n) is 5.41. The lowest BCUT2D eigenvalue weighted by atomic mass is 9.73. The smallest absolute Gasteiger partial charge is 0.303 e. The maximum atomic E-state index is 12.7. The Morgan fingerprint density at radius 2 is 1.60 bits per heavy atom. The van der Waals surface area contributed by atoms with E-state index in [1.165, 1.54) is 0 Å². The molecule has 10 heteroatoms. The van der Waals surface area contributed by atoms with Gasteiger partial charge in [0.2, 0.25) is 0 Å². The van der Waals surface area contributed by atoms with E-state index in [1.54, 1.807) is 0 Å². The zero-order valence-electron chi connectivity index (χ0n) is 17.2. The first kappa shape index (κ1) is 24.4. The molecule has 0 aromatic rings. The number of aliphatic hydroxyl groups is 4. The van der Waals surface area contributed by atoms with E-state index in [9.17, 15) is 34.8 Å². The van der Waals surface area contributed by atoms with Crippen molar-refractivity contribution in [1.82, 2.24) is 5.32 Å². The minimum Gasteiger partial charge on any atom is -0.481 e. The van der Waals surface area contributed by atoms with E-state index in [4.69, 9.17) is 9.84 Å². The quantitative estimate of drug-likeness (QED) is 0.163. The third kappa shape index (κ3) is 5.86. The standard InChI is InChI=1S/C20H31NO9/c1-20(2)7-11(23)15(12(24)8-20)10(5-3-4-6-14(25)26)21-19-18(29)17(28)16(27)13(9-22)30-19/h13,16-19,21-22,27-29H,3-9H2,1-2H3,(H,25,26)/t13-,16-,17+,18-,19-/m1/s1. The summed E-state index contributed by atoms with van der Waals surface area (Å²) in [5.41, 5.74) is -0.313. The van der Waals surface area contributed by atoms with Gasteiger partial charge in [0.25, 0.3) is 0 Å². The number of aliphatic carboxylic acids is 1. The largest absolute Gasteiger partial charge is 0.481 e. The number of aliphatic hydroxyl groups excluding tert-OH is 4. The van der Waals surface area contributed by atoms with Crippen LogP contribution in [0.2, 0.25) is 0 Å². The molecule has 0 aromatic carbocycles. The fourth-order valence-corrected chi connectivity index (χ4v) is 3.84. The lowest BCUT2D eigenvalue weighted by Gasteiger charge is -2.41. The molecule has 0 bridgehead atoms. The fourth-order valence-electron chi connectivity index (χ4n) is 3.84. The van der Waals surface area contributed by atoms with Crippen molar-refractivity contribution in [3.05, 3.63) is 11.3 Å². The molecule has 2 fully saturated rings. The van der Waals surface area contributed by atoms with E-state index in [-0.39, 0.29) is 48.5 Å². The van der Waals surface area contributed by atoms with Crippen molar-refractivity contribution < 1.29 is 44.7 Å². The van der Waals surface area contributed by atoms with Crippen LogP contribution in [-0.2, 0) is 19.1 Å². The SMILES string of the molecule is CC1(C)CC(=O)C(=C(CCCCC(=O)O)N[C@@H]2O[C@H](CO)[C@@H](O)[C@H](O)[C@H]2O)C(=O)C1. The van der Waals surface area contributed by atoms with Gasteiger partial charge in [0.15, 0.2) is 17.8 Å². The number of hydrogen-bond acceptors (Lipinski definition) is 9. The Kier molecular flexibility index (Phi) is 8.12. The number of ketones is 2. The molecule has 1 saturated carbocycles. The Bertz CT molecular complexity index is 678. The van der Waals surface area contributed by atoms with Crippen molar-refractivity contribution in [3.63, 3.8) is 0 Å². The summed E-state index contributed by atoms with van der Waals surface area (Å²) in [6.45, 7) is 3.02. The van der Waals surface area contributed by atoms with Crippen LogP contribution in [0.15, 0.2) is 11.3 Å². The van der Waals surface area contributed by atoms with E-state index in [0.29, 0.717) is 12.8 Å². The number of hydrogen-bond donors (Lipinski definition) is 6. The normalized spacial score (nSPS) is 31.5. The van der Waals surface area contributed by atoms with Gasteiger partial charge in [-0.25, -0.2) is 0 Å². The summed E-state index contributed by atoms with van der Waals surface area (Å²) in [5.74, 6) is -1.68. The highest BCUT2D eigenvalue weighted by Gasteiger charge is 2.44. The van der Waals surface area contributed by atoms with Gasteiger partial charge in [-0.15, -0.1) is 0 Å². The Morgan fingerprint density at radius 1 is 1.03 bits per heavy atom. The molecule has 5 atom stereocenters. The second kappa shape index (κ2) is 9.97. The molecule has 1 aliphatic carbocycles. The molecule has 0 radical (unpaired) electrons. The van der Waals surface area contributed by atoms with Crippen LogP contribution in [0.3, 0.4) is 0 Å². The molecule has 30 heavy (non-hydrogen) atoms. The van der Waals surface area contributed by atoms with Crippen molar-refractivity contribution in [2.24, 2.45) is 5.41 Å². The number of carboxylic acid groups (broad SMARTS) is 1. The number of ether oxygens (including phenoxy) is 1. The van der Waals surface area contributed by atoms with Gasteiger partial charge < -0.3 is 35.6 Å². The summed E-state index contributed by atoms with van der Waals surface area (Å²) in [5, 5.41) is 51.2. The van der Waals surface area contributed by atoms with Crippen molar-refractivity contribution in [2.75, 3.05) is 6.61 Å². The van der Waals surface area contributed by atoms with Crippen LogP contribution in [0.1, 0.15) is 52.4 Å². The molecule has 10 nitrogen and oxygen atoms in total. The number of allylic oxidation sites excluding steroid dienone is 2. The Balaban J connectivity index is 2.28. The molecule has 170 valence electrons.